The number of anilines is 1. The van der Waals surface area contributed by atoms with Crippen LogP contribution in [0.1, 0.15) is 28.4 Å². The normalized spacial score (nSPS) is 17.6. The van der Waals surface area contributed by atoms with Gasteiger partial charge < -0.3 is 10.2 Å². The molecule has 3 heterocycles. The van der Waals surface area contributed by atoms with E-state index in [1.54, 1.807) is 15.8 Å². The molecule has 0 radical (unpaired) electrons. The molecule has 0 bridgehead atoms. The van der Waals surface area contributed by atoms with Crippen LogP contribution in [-0.2, 0) is 16.6 Å². The van der Waals surface area contributed by atoms with E-state index in [0.29, 0.717) is 49.8 Å². The third-order valence-electron chi connectivity index (χ3n) is 4.64. The Hall–Kier alpha value is -2.53. The molecule has 28 heavy (non-hydrogen) atoms. The molecule has 1 atom stereocenters. The second kappa shape index (κ2) is 8.23. The Morgan fingerprint density at radius 3 is 2.79 bits per heavy atom. The van der Waals surface area contributed by atoms with E-state index in [4.69, 9.17) is 0 Å². The number of aromatic nitrogens is 4. The van der Waals surface area contributed by atoms with Gasteiger partial charge in [0.2, 0.25) is 16.0 Å². The van der Waals surface area contributed by atoms with Crippen LogP contribution in [-0.4, -0.2) is 78.4 Å². The van der Waals surface area contributed by atoms with E-state index in [0.717, 1.165) is 0 Å². The predicted octanol–water partition coefficient (Wildman–Crippen LogP) is -0.0820. The molecule has 1 saturated heterocycles. The van der Waals surface area contributed by atoms with Crippen LogP contribution in [0.5, 0.6) is 0 Å². The minimum atomic E-state index is -3.27. The van der Waals surface area contributed by atoms with Gasteiger partial charge in [-0.25, -0.2) is 22.7 Å². The van der Waals surface area contributed by atoms with E-state index in [-0.39, 0.29) is 11.8 Å². The molecule has 1 fully saturated rings. The van der Waals surface area contributed by atoms with Crippen molar-refractivity contribution in [3.8, 4) is 0 Å². The molecule has 0 saturated carbocycles. The topological polar surface area (TPSA) is 113 Å². The molecule has 0 spiro atoms. The highest BCUT2D eigenvalue weighted by Gasteiger charge is 2.33. The monoisotopic (exact) mass is 407 g/mol. The van der Waals surface area contributed by atoms with Gasteiger partial charge in [-0.3, -0.25) is 9.48 Å². The third-order valence-corrected chi connectivity index (χ3v) is 5.91. The smallest absolute Gasteiger partial charge is 0.254 e. The first kappa shape index (κ1) is 20.2. The fourth-order valence-corrected chi connectivity index (χ4v) is 4.04. The first-order valence-corrected chi connectivity index (χ1v) is 10.9. The largest absolute Gasteiger partial charge is 0.350 e. The van der Waals surface area contributed by atoms with Crippen molar-refractivity contribution in [2.75, 3.05) is 44.9 Å². The summed E-state index contributed by atoms with van der Waals surface area (Å²) in [5.41, 5.74) is 0.966. The molecule has 11 heteroatoms. The zero-order valence-corrected chi connectivity index (χ0v) is 17.1. The van der Waals surface area contributed by atoms with Gasteiger partial charge in [-0.1, -0.05) is 0 Å². The molecule has 152 valence electrons. The molecule has 2 aromatic rings. The lowest BCUT2D eigenvalue weighted by atomic mass is 10.00. The number of carbonyl (C=O) groups is 1. The van der Waals surface area contributed by atoms with Gasteiger partial charge in [-0.2, -0.15) is 5.10 Å². The minimum Gasteiger partial charge on any atom is -0.350 e. The Morgan fingerprint density at radius 2 is 2.18 bits per heavy atom. The number of hydrogen-bond acceptors (Lipinski definition) is 7. The van der Waals surface area contributed by atoms with Crippen LogP contribution in [0.25, 0.3) is 0 Å². The maximum absolute atomic E-state index is 12.7. The molecular weight excluding hydrogens is 382 g/mol. The van der Waals surface area contributed by atoms with Crippen LogP contribution in [0.4, 0.5) is 5.95 Å². The van der Waals surface area contributed by atoms with Gasteiger partial charge >= 0.3 is 0 Å². The van der Waals surface area contributed by atoms with E-state index in [9.17, 15) is 13.2 Å². The lowest BCUT2D eigenvalue weighted by Crippen LogP contribution is -2.30. The molecule has 1 aliphatic rings. The summed E-state index contributed by atoms with van der Waals surface area (Å²) in [5.74, 6) is 0.0643. The second-order valence-corrected chi connectivity index (χ2v) is 8.98. The highest BCUT2D eigenvalue weighted by atomic mass is 32.2. The standard InChI is InChI=1S/C17H25N7O3S/c1-22(2)17-19-11-14(16(25)18-7-10-23-8-4-6-20-23)15(21-17)13-5-9-24(12-13)28(3,26)27/h4,6,8,11,13H,5,7,9-10,12H2,1-3H3,(H,18,25). The van der Waals surface area contributed by atoms with Crippen LogP contribution in [0.15, 0.2) is 24.7 Å². The Labute approximate surface area is 164 Å². The summed E-state index contributed by atoms with van der Waals surface area (Å²) < 4.78 is 26.9. The van der Waals surface area contributed by atoms with Crippen molar-refractivity contribution in [1.29, 1.82) is 0 Å². The molecule has 10 nitrogen and oxygen atoms in total. The third kappa shape index (κ3) is 4.65. The van der Waals surface area contributed by atoms with E-state index in [1.807, 2.05) is 26.4 Å². The van der Waals surface area contributed by atoms with Crippen LogP contribution in [0.3, 0.4) is 0 Å². The molecule has 1 aliphatic heterocycles. The zero-order chi connectivity index (χ0) is 20.3. The number of hydrogen-bond donors (Lipinski definition) is 1. The summed E-state index contributed by atoms with van der Waals surface area (Å²) in [6, 6.07) is 1.82. The summed E-state index contributed by atoms with van der Waals surface area (Å²) >= 11 is 0. The molecule has 0 aromatic carbocycles. The van der Waals surface area contributed by atoms with Crippen molar-refractivity contribution in [3.05, 3.63) is 35.9 Å². The van der Waals surface area contributed by atoms with E-state index >= 15 is 0 Å². The van der Waals surface area contributed by atoms with E-state index in [2.05, 4.69) is 20.4 Å². The Kier molecular flexibility index (Phi) is 5.94. The van der Waals surface area contributed by atoms with Crippen LogP contribution >= 0.6 is 0 Å². The van der Waals surface area contributed by atoms with Crippen molar-refractivity contribution >= 4 is 21.9 Å². The zero-order valence-electron chi connectivity index (χ0n) is 16.2. The summed E-state index contributed by atoms with van der Waals surface area (Å²) in [6.07, 6.45) is 6.84. The molecule has 3 rings (SSSR count). The first-order chi connectivity index (χ1) is 13.3. The predicted molar refractivity (Wildman–Crippen MR) is 105 cm³/mol. The second-order valence-electron chi connectivity index (χ2n) is 6.99. The number of rotatable bonds is 7. The van der Waals surface area contributed by atoms with Gasteiger partial charge in [0.05, 0.1) is 24.1 Å². The number of amides is 1. The van der Waals surface area contributed by atoms with E-state index < -0.39 is 10.0 Å². The van der Waals surface area contributed by atoms with Crippen LogP contribution in [0, 0.1) is 0 Å². The lowest BCUT2D eigenvalue weighted by molar-refractivity contribution is 0.0949. The number of nitrogens with zero attached hydrogens (tertiary/aromatic N) is 6. The average Bonchev–Trinajstić information content (AvgIpc) is 3.32. The van der Waals surface area contributed by atoms with Crippen molar-refractivity contribution < 1.29 is 13.2 Å². The maximum atomic E-state index is 12.7. The summed E-state index contributed by atoms with van der Waals surface area (Å²) in [7, 11) is 0.367. The van der Waals surface area contributed by atoms with Gasteiger partial charge in [0.1, 0.15) is 0 Å². The molecule has 1 N–H and O–H groups in total. The Bertz CT molecular complexity index is 928. The SMILES string of the molecule is CN(C)c1ncc(C(=O)NCCn2cccn2)c(C2CCN(S(C)(=O)=O)C2)n1. The van der Waals surface area contributed by atoms with E-state index in [1.165, 1.54) is 16.8 Å². The Balaban J connectivity index is 1.79. The number of sulfonamides is 1. The maximum Gasteiger partial charge on any atom is 0.254 e. The van der Waals surface area contributed by atoms with Gasteiger partial charge in [-0.15, -0.1) is 0 Å². The van der Waals surface area contributed by atoms with Crippen LogP contribution in [0.2, 0.25) is 0 Å². The van der Waals surface area contributed by atoms with Gasteiger partial charge in [0.15, 0.2) is 0 Å². The first-order valence-electron chi connectivity index (χ1n) is 9.00. The number of carbonyl (C=O) groups excluding carboxylic acids is 1. The molecule has 0 aliphatic carbocycles. The quantitative estimate of drug-likeness (QED) is 0.683. The van der Waals surface area contributed by atoms with Crippen LogP contribution < -0.4 is 10.2 Å². The lowest BCUT2D eigenvalue weighted by Gasteiger charge is -2.18. The number of nitrogens with one attached hydrogen (secondary N) is 1. The fourth-order valence-electron chi connectivity index (χ4n) is 3.15. The van der Waals surface area contributed by atoms with Gasteiger partial charge in [0.25, 0.3) is 5.91 Å². The van der Waals surface area contributed by atoms with Gasteiger partial charge in [0, 0.05) is 58.2 Å². The molecular formula is C17H25N7O3S. The Morgan fingerprint density at radius 1 is 1.39 bits per heavy atom. The molecule has 1 amide bonds. The fraction of sp³-hybridized carbons (Fsp3) is 0.529. The highest BCUT2D eigenvalue weighted by molar-refractivity contribution is 7.88. The highest BCUT2D eigenvalue weighted by Crippen LogP contribution is 2.30. The molecule has 1 unspecified atom stereocenters. The van der Waals surface area contributed by atoms with Crippen molar-refractivity contribution in [3.63, 3.8) is 0 Å². The van der Waals surface area contributed by atoms with Crippen molar-refractivity contribution in [1.82, 2.24) is 29.4 Å². The summed E-state index contributed by atoms with van der Waals surface area (Å²) in [5, 5.41) is 6.97. The van der Waals surface area contributed by atoms with Gasteiger partial charge in [-0.05, 0) is 12.5 Å². The summed E-state index contributed by atoms with van der Waals surface area (Å²) in [6.45, 7) is 1.70. The minimum absolute atomic E-state index is 0.150. The summed E-state index contributed by atoms with van der Waals surface area (Å²) in [4.78, 5) is 23.3. The molecule has 2 aromatic heterocycles. The van der Waals surface area contributed by atoms with Crippen molar-refractivity contribution in [2.45, 2.75) is 18.9 Å². The average molecular weight is 408 g/mol. The van der Waals surface area contributed by atoms with Crippen molar-refractivity contribution in [2.24, 2.45) is 0 Å².